The molecule has 2 atom stereocenters. The quantitative estimate of drug-likeness (QED) is 0.644. The molecule has 2 nitrogen and oxygen atoms in total. The monoisotopic (exact) mass is 170 g/mol. The molecule has 0 aromatic carbocycles. The van der Waals surface area contributed by atoms with Crippen molar-refractivity contribution in [2.75, 3.05) is 0 Å². The molecule has 0 heterocycles. The smallest absolute Gasteiger partial charge is 0.310 e. The van der Waals surface area contributed by atoms with Gasteiger partial charge in [0, 0.05) is 0 Å². The first-order chi connectivity index (χ1) is 5.57. The highest BCUT2D eigenvalue weighted by atomic mass is 16.4. The third-order valence-electron chi connectivity index (χ3n) is 1.86. The molecule has 0 aromatic rings. The molecule has 0 saturated carbocycles. The molecule has 0 aliphatic heterocycles. The van der Waals surface area contributed by atoms with E-state index in [1.54, 1.807) is 13.0 Å². The van der Waals surface area contributed by atoms with Gasteiger partial charge in [-0.3, -0.25) is 4.79 Å². The minimum Gasteiger partial charge on any atom is -0.481 e. The zero-order valence-electron chi connectivity index (χ0n) is 8.08. The van der Waals surface area contributed by atoms with Crippen molar-refractivity contribution in [1.82, 2.24) is 0 Å². The van der Waals surface area contributed by atoms with Gasteiger partial charge >= 0.3 is 5.97 Å². The van der Waals surface area contributed by atoms with Gasteiger partial charge in [0.2, 0.25) is 0 Å². The summed E-state index contributed by atoms with van der Waals surface area (Å²) in [5, 5.41) is 8.57. The van der Waals surface area contributed by atoms with Crippen LogP contribution in [0.5, 0.6) is 0 Å². The predicted molar refractivity (Wildman–Crippen MR) is 50.0 cm³/mol. The molecule has 0 aliphatic carbocycles. The zero-order chi connectivity index (χ0) is 9.56. The summed E-state index contributed by atoms with van der Waals surface area (Å²) < 4.78 is 0. The number of aliphatic carboxylic acids is 1. The first kappa shape index (κ1) is 11.2. The van der Waals surface area contributed by atoms with Crippen LogP contribution in [0.3, 0.4) is 0 Å². The average Bonchev–Trinajstić information content (AvgIpc) is 2.00. The summed E-state index contributed by atoms with van der Waals surface area (Å²) in [7, 11) is 0. The van der Waals surface area contributed by atoms with E-state index in [9.17, 15) is 4.79 Å². The van der Waals surface area contributed by atoms with Crippen molar-refractivity contribution < 1.29 is 9.90 Å². The molecular formula is C10H18O2. The summed E-state index contributed by atoms with van der Waals surface area (Å²) in [5.74, 6) is -0.615. The van der Waals surface area contributed by atoms with E-state index in [4.69, 9.17) is 5.11 Å². The molecular weight excluding hydrogens is 152 g/mol. The van der Waals surface area contributed by atoms with Gasteiger partial charge in [-0.2, -0.15) is 0 Å². The van der Waals surface area contributed by atoms with Gasteiger partial charge in [-0.1, -0.05) is 32.4 Å². The molecule has 0 fully saturated rings. The first-order valence-corrected chi connectivity index (χ1v) is 4.49. The second-order valence-corrected chi connectivity index (χ2v) is 3.28. The second kappa shape index (κ2) is 5.81. The molecule has 0 amide bonds. The van der Waals surface area contributed by atoms with Crippen LogP contribution in [0.15, 0.2) is 12.2 Å². The van der Waals surface area contributed by atoms with Gasteiger partial charge in [-0.15, -0.1) is 0 Å². The molecule has 0 saturated heterocycles. The molecule has 0 rings (SSSR count). The van der Waals surface area contributed by atoms with Crippen molar-refractivity contribution in [2.45, 2.75) is 33.6 Å². The van der Waals surface area contributed by atoms with Crippen LogP contribution in [-0.2, 0) is 4.79 Å². The van der Waals surface area contributed by atoms with E-state index in [1.807, 2.05) is 6.08 Å². The molecule has 0 aromatic heterocycles. The van der Waals surface area contributed by atoms with Crippen molar-refractivity contribution in [2.24, 2.45) is 11.8 Å². The van der Waals surface area contributed by atoms with Crippen LogP contribution in [0, 0.1) is 11.8 Å². The Morgan fingerprint density at radius 2 is 2.00 bits per heavy atom. The third kappa shape index (κ3) is 4.94. The Morgan fingerprint density at radius 1 is 1.42 bits per heavy atom. The van der Waals surface area contributed by atoms with Crippen LogP contribution in [0.1, 0.15) is 33.6 Å². The maximum absolute atomic E-state index is 10.4. The molecule has 12 heavy (non-hydrogen) atoms. The normalized spacial score (nSPS) is 16.2. The van der Waals surface area contributed by atoms with Gasteiger partial charge in [0.25, 0.3) is 0 Å². The molecule has 2 unspecified atom stereocenters. The highest BCUT2D eigenvalue weighted by molar-refractivity contribution is 5.71. The molecule has 0 spiro atoms. The number of carbonyl (C=O) groups is 1. The fourth-order valence-electron chi connectivity index (χ4n) is 0.990. The minimum absolute atomic E-state index is 0.357. The maximum Gasteiger partial charge on any atom is 0.310 e. The number of hydrogen-bond donors (Lipinski definition) is 1. The standard InChI is InChI=1S/C10H18O2/c1-4-5-8(2)6-7-9(3)10(11)12/h6-9H,4-5H2,1-3H3,(H,11,12)/b7-6+. The minimum atomic E-state index is -0.755. The largest absolute Gasteiger partial charge is 0.481 e. The van der Waals surface area contributed by atoms with E-state index in [-0.39, 0.29) is 5.92 Å². The first-order valence-electron chi connectivity index (χ1n) is 4.49. The van der Waals surface area contributed by atoms with Crippen molar-refractivity contribution in [3.8, 4) is 0 Å². The summed E-state index contributed by atoms with van der Waals surface area (Å²) >= 11 is 0. The Kier molecular flexibility index (Phi) is 5.43. The van der Waals surface area contributed by atoms with Crippen LogP contribution >= 0.6 is 0 Å². The average molecular weight is 170 g/mol. The van der Waals surface area contributed by atoms with Crippen molar-refractivity contribution in [3.63, 3.8) is 0 Å². The summed E-state index contributed by atoms with van der Waals surface area (Å²) in [6.45, 7) is 5.93. The maximum atomic E-state index is 10.4. The summed E-state index contributed by atoms with van der Waals surface area (Å²) in [5.41, 5.74) is 0. The van der Waals surface area contributed by atoms with Crippen LogP contribution in [-0.4, -0.2) is 11.1 Å². The van der Waals surface area contributed by atoms with Gasteiger partial charge in [0.1, 0.15) is 0 Å². The highest BCUT2D eigenvalue weighted by Crippen LogP contribution is 2.08. The highest BCUT2D eigenvalue weighted by Gasteiger charge is 2.05. The predicted octanol–water partition coefficient (Wildman–Crippen LogP) is 2.70. The molecule has 2 heteroatoms. The Bertz CT molecular complexity index is 161. The van der Waals surface area contributed by atoms with Gasteiger partial charge in [0.15, 0.2) is 0 Å². The van der Waals surface area contributed by atoms with Crippen LogP contribution in [0.4, 0.5) is 0 Å². The van der Waals surface area contributed by atoms with Crippen LogP contribution in [0.25, 0.3) is 0 Å². The zero-order valence-corrected chi connectivity index (χ0v) is 8.08. The van der Waals surface area contributed by atoms with Crippen molar-refractivity contribution >= 4 is 5.97 Å². The van der Waals surface area contributed by atoms with E-state index >= 15 is 0 Å². The topological polar surface area (TPSA) is 37.3 Å². The number of carboxylic acids is 1. The van der Waals surface area contributed by atoms with E-state index in [1.165, 1.54) is 0 Å². The summed E-state index contributed by atoms with van der Waals surface area (Å²) in [6, 6.07) is 0. The van der Waals surface area contributed by atoms with Gasteiger partial charge in [0.05, 0.1) is 5.92 Å². The Hall–Kier alpha value is -0.790. The molecule has 0 aliphatic rings. The number of hydrogen-bond acceptors (Lipinski definition) is 1. The fraction of sp³-hybridized carbons (Fsp3) is 0.700. The summed E-state index contributed by atoms with van der Waals surface area (Å²) in [4.78, 5) is 10.4. The lowest BCUT2D eigenvalue weighted by Gasteiger charge is -2.03. The van der Waals surface area contributed by atoms with Crippen molar-refractivity contribution in [1.29, 1.82) is 0 Å². The lowest BCUT2D eigenvalue weighted by atomic mass is 10.0. The number of allylic oxidation sites excluding steroid dienone is 1. The van der Waals surface area contributed by atoms with Gasteiger partial charge < -0.3 is 5.11 Å². The van der Waals surface area contributed by atoms with Crippen LogP contribution in [0.2, 0.25) is 0 Å². The van der Waals surface area contributed by atoms with E-state index < -0.39 is 5.97 Å². The Labute approximate surface area is 74.3 Å². The van der Waals surface area contributed by atoms with E-state index in [0.717, 1.165) is 12.8 Å². The van der Waals surface area contributed by atoms with Gasteiger partial charge in [-0.05, 0) is 19.3 Å². The van der Waals surface area contributed by atoms with Crippen molar-refractivity contribution in [3.05, 3.63) is 12.2 Å². The lowest BCUT2D eigenvalue weighted by Crippen LogP contribution is -2.06. The second-order valence-electron chi connectivity index (χ2n) is 3.28. The SMILES string of the molecule is CCCC(C)/C=C/C(C)C(=O)O. The fourth-order valence-corrected chi connectivity index (χ4v) is 0.990. The lowest BCUT2D eigenvalue weighted by molar-refractivity contribution is -0.139. The number of rotatable bonds is 5. The third-order valence-corrected chi connectivity index (χ3v) is 1.86. The molecule has 0 radical (unpaired) electrons. The molecule has 0 bridgehead atoms. The Morgan fingerprint density at radius 3 is 2.42 bits per heavy atom. The van der Waals surface area contributed by atoms with Gasteiger partial charge in [-0.25, -0.2) is 0 Å². The molecule has 70 valence electrons. The van der Waals surface area contributed by atoms with E-state index in [0.29, 0.717) is 5.92 Å². The Balaban J connectivity index is 3.80. The van der Waals surface area contributed by atoms with Crippen LogP contribution < -0.4 is 0 Å². The number of carboxylic acid groups (broad SMARTS) is 1. The van der Waals surface area contributed by atoms with E-state index in [2.05, 4.69) is 13.8 Å². The molecule has 1 N–H and O–H groups in total. The summed E-state index contributed by atoms with van der Waals surface area (Å²) in [6.07, 6.45) is 6.03.